The number of carbonyl (C=O) groups excluding carboxylic acids is 1. The van der Waals surface area contributed by atoms with Crippen LogP contribution in [0.4, 0.5) is 0 Å². The highest BCUT2D eigenvalue weighted by Gasteiger charge is 2.16. The molecule has 0 saturated carbocycles. The third-order valence-corrected chi connectivity index (χ3v) is 2.23. The van der Waals surface area contributed by atoms with Crippen molar-refractivity contribution in [3.63, 3.8) is 0 Å². The maximum atomic E-state index is 11.6. The molecule has 1 aromatic carbocycles. The minimum atomic E-state index is -0.845. The van der Waals surface area contributed by atoms with Crippen LogP contribution < -0.4 is 5.56 Å². The number of H-pyrrole nitrogens is 1. The average Bonchev–Trinajstić information content (AvgIpc) is 2.40. The van der Waals surface area contributed by atoms with Gasteiger partial charge >= 0.3 is 5.97 Å². The van der Waals surface area contributed by atoms with Crippen molar-refractivity contribution in [2.45, 2.75) is 6.61 Å². The van der Waals surface area contributed by atoms with Crippen molar-refractivity contribution in [2.75, 3.05) is 0 Å². The van der Waals surface area contributed by atoms with E-state index in [1.54, 1.807) is 12.1 Å². The SMILES string of the molecule is O=C(OCc1ccccc1)c1nc[nH]c(=O)c1O. The van der Waals surface area contributed by atoms with Crippen LogP contribution in [0.2, 0.25) is 0 Å². The van der Waals surface area contributed by atoms with Gasteiger partial charge in [-0.15, -0.1) is 0 Å². The van der Waals surface area contributed by atoms with Crippen molar-refractivity contribution < 1.29 is 14.6 Å². The predicted molar refractivity (Wildman–Crippen MR) is 62.1 cm³/mol. The number of esters is 1. The molecule has 0 radical (unpaired) electrons. The Bertz CT molecular complexity index is 607. The third kappa shape index (κ3) is 2.54. The summed E-state index contributed by atoms with van der Waals surface area (Å²) in [7, 11) is 0. The van der Waals surface area contributed by atoms with Crippen LogP contribution in [0.5, 0.6) is 5.75 Å². The fraction of sp³-hybridized carbons (Fsp3) is 0.0833. The molecule has 18 heavy (non-hydrogen) atoms. The number of nitrogens with zero attached hydrogens (tertiary/aromatic N) is 1. The first-order valence-corrected chi connectivity index (χ1v) is 5.16. The molecule has 0 unspecified atom stereocenters. The molecule has 2 rings (SSSR count). The molecule has 2 aromatic rings. The number of carbonyl (C=O) groups is 1. The van der Waals surface area contributed by atoms with Crippen LogP contribution in [0.3, 0.4) is 0 Å². The molecule has 1 aromatic heterocycles. The smallest absolute Gasteiger partial charge is 0.361 e. The van der Waals surface area contributed by atoms with Crippen LogP contribution in [-0.2, 0) is 11.3 Å². The molecule has 0 aliphatic carbocycles. The number of rotatable bonds is 3. The van der Waals surface area contributed by atoms with E-state index in [1.165, 1.54) is 0 Å². The van der Waals surface area contributed by atoms with Gasteiger partial charge in [-0.1, -0.05) is 30.3 Å². The standard InChI is InChI=1S/C12H10N2O4/c15-10-9(13-7-14-11(10)16)12(17)18-6-8-4-2-1-3-5-8/h1-5,7,15H,6H2,(H,13,14,16). The Morgan fingerprint density at radius 3 is 2.78 bits per heavy atom. The molecule has 0 bridgehead atoms. The molecule has 0 aliphatic rings. The zero-order chi connectivity index (χ0) is 13.0. The minimum Gasteiger partial charge on any atom is -0.501 e. The summed E-state index contributed by atoms with van der Waals surface area (Å²) in [6, 6.07) is 9.05. The number of benzene rings is 1. The highest BCUT2D eigenvalue weighted by molar-refractivity contribution is 5.89. The van der Waals surface area contributed by atoms with Crippen LogP contribution in [0, 0.1) is 0 Å². The zero-order valence-electron chi connectivity index (χ0n) is 9.29. The van der Waals surface area contributed by atoms with Crippen molar-refractivity contribution in [3.05, 3.63) is 58.3 Å². The van der Waals surface area contributed by atoms with E-state index >= 15 is 0 Å². The van der Waals surface area contributed by atoms with Crippen LogP contribution >= 0.6 is 0 Å². The maximum Gasteiger partial charge on any atom is 0.361 e. The van der Waals surface area contributed by atoms with E-state index in [0.29, 0.717) is 0 Å². The van der Waals surface area contributed by atoms with Gasteiger partial charge in [-0.2, -0.15) is 0 Å². The lowest BCUT2D eigenvalue weighted by Gasteiger charge is -2.04. The summed E-state index contributed by atoms with van der Waals surface area (Å²) < 4.78 is 4.94. The second-order valence-corrected chi connectivity index (χ2v) is 3.49. The highest BCUT2D eigenvalue weighted by atomic mass is 16.5. The average molecular weight is 246 g/mol. The molecule has 0 saturated heterocycles. The molecule has 0 atom stereocenters. The second kappa shape index (κ2) is 5.13. The topological polar surface area (TPSA) is 92.3 Å². The predicted octanol–water partition coefficient (Wildman–Crippen LogP) is 0.832. The third-order valence-electron chi connectivity index (χ3n) is 2.23. The summed E-state index contributed by atoms with van der Waals surface area (Å²) in [4.78, 5) is 28.4. The quantitative estimate of drug-likeness (QED) is 0.782. The van der Waals surface area contributed by atoms with Gasteiger partial charge in [0.25, 0.3) is 5.56 Å². The van der Waals surface area contributed by atoms with Gasteiger partial charge in [-0.3, -0.25) is 4.79 Å². The van der Waals surface area contributed by atoms with E-state index in [0.717, 1.165) is 11.9 Å². The number of nitrogens with one attached hydrogen (secondary N) is 1. The maximum absolute atomic E-state index is 11.6. The van der Waals surface area contributed by atoms with E-state index in [1.807, 2.05) is 18.2 Å². The van der Waals surface area contributed by atoms with Crippen molar-refractivity contribution in [1.82, 2.24) is 9.97 Å². The molecule has 6 heteroatoms. The first kappa shape index (κ1) is 11.8. The lowest BCUT2D eigenvalue weighted by molar-refractivity contribution is 0.0461. The monoisotopic (exact) mass is 246 g/mol. The normalized spacial score (nSPS) is 10.0. The van der Waals surface area contributed by atoms with E-state index in [4.69, 9.17) is 4.74 Å². The number of ether oxygens (including phenoxy) is 1. The van der Waals surface area contributed by atoms with Gasteiger partial charge in [0.1, 0.15) is 6.61 Å². The molecule has 1 heterocycles. The fourth-order valence-corrected chi connectivity index (χ4v) is 1.33. The Hall–Kier alpha value is -2.63. The molecule has 92 valence electrons. The Morgan fingerprint density at radius 1 is 1.33 bits per heavy atom. The molecule has 0 fully saturated rings. The van der Waals surface area contributed by atoms with Crippen LogP contribution in [-0.4, -0.2) is 21.0 Å². The molecule has 2 N–H and O–H groups in total. The summed E-state index contributed by atoms with van der Waals surface area (Å²) in [6.07, 6.45) is 1.03. The summed E-state index contributed by atoms with van der Waals surface area (Å²) >= 11 is 0. The molecule has 0 aliphatic heterocycles. The van der Waals surface area contributed by atoms with E-state index in [9.17, 15) is 14.7 Å². The summed E-state index contributed by atoms with van der Waals surface area (Å²) in [5, 5.41) is 9.36. The van der Waals surface area contributed by atoms with Gasteiger partial charge in [0.2, 0.25) is 5.75 Å². The van der Waals surface area contributed by atoms with Crippen molar-refractivity contribution in [1.29, 1.82) is 0 Å². The molecule has 6 nitrogen and oxygen atoms in total. The lowest BCUT2D eigenvalue weighted by atomic mass is 10.2. The van der Waals surface area contributed by atoms with Gasteiger partial charge < -0.3 is 14.8 Å². The second-order valence-electron chi connectivity index (χ2n) is 3.49. The Balaban J connectivity index is 2.09. The molecular weight excluding hydrogens is 236 g/mol. The number of hydrogen-bond donors (Lipinski definition) is 2. The molecule has 0 amide bonds. The van der Waals surface area contributed by atoms with Gasteiger partial charge in [0, 0.05) is 0 Å². The number of aromatic nitrogens is 2. The first-order valence-electron chi connectivity index (χ1n) is 5.16. The van der Waals surface area contributed by atoms with Gasteiger partial charge in [0.05, 0.1) is 6.33 Å². The largest absolute Gasteiger partial charge is 0.501 e. The summed E-state index contributed by atoms with van der Waals surface area (Å²) in [5.41, 5.74) is -0.374. The first-order chi connectivity index (χ1) is 8.68. The number of aromatic hydroxyl groups is 1. The van der Waals surface area contributed by atoms with Crippen molar-refractivity contribution in [2.24, 2.45) is 0 Å². The van der Waals surface area contributed by atoms with Gasteiger partial charge in [-0.25, -0.2) is 9.78 Å². The molecule has 0 spiro atoms. The Kier molecular flexibility index (Phi) is 3.38. The Morgan fingerprint density at radius 2 is 2.06 bits per heavy atom. The van der Waals surface area contributed by atoms with E-state index in [-0.39, 0.29) is 6.61 Å². The van der Waals surface area contributed by atoms with Crippen molar-refractivity contribution in [3.8, 4) is 5.75 Å². The van der Waals surface area contributed by atoms with Crippen molar-refractivity contribution >= 4 is 5.97 Å². The van der Waals surface area contributed by atoms with Gasteiger partial charge in [0.15, 0.2) is 5.69 Å². The minimum absolute atomic E-state index is 0.0492. The number of aromatic amines is 1. The molecular formula is C12H10N2O4. The van der Waals surface area contributed by atoms with Crippen LogP contribution in [0.1, 0.15) is 16.1 Å². The summed E-state index contributed by atoms with van der Waals surface area (Å²) in [6.45, 7) is 0.0492. The Labute approximate surface area is 102 Å². The fourth-order valence-electron chi connectivity index (χ4n) is 1.33. The van der Waals surface area contributed by atoms with E-state index in [2.05, 4.69) is 9.97 Å². The van der Waals surface area contributed by atoms with Crippen LogP contribution in [0.15, 0.2) is 41.5 Å². The van der Waals surface area contributed by atoms with Gasteiger partial charge in [-0.05, 0) is 5.56 Å². The van der Waals surface area contributed by atoms with Crippen LogP contribution in [0.25, 0.3) is 0 Å². The highest BCUT2D eigenvalue weighted by Crippen LogP contribution is 2.09. The summed E-state index contributed by atoms with van der Waals surface area (Å²) in [5.74, 6) is -1.59. The zero-order valence-corrected chi connectivity index (χ0v) is 9.29. The number of hydrogen-bond acceptors (Lipinski definition) is 5. The lowest BCUT2D eigenvalue weighted by Crippen LogP contribution is -2.14. The van der Waals surface area contributed by atoms with E-state index < -0.39 is 23.0 Å².